The van der Waals surface area contributed by atoms with Crippen LogP contribution in [0.3, 0.4) is 0 Å². The van der Waals surface area contributed by atoms with Gasteiger partial charge in [-0.15, -0.1) is 0 Å². The molecule has 0 aliphatic heterocycles. The highest BCUT2D eigenvalue weighted by molar-refractivity contribution is 6.03. The monoisotopic (exact) mass is 486 g/mol. The van der Waals surface area contributed by atoms with Crippen molar-refractivity contribution in [1.82, 2.24) is 0 Å². The van der Waals surface area contributed by atoms with E-state index in [9.17, 15) is 9.59 Å². The van der Waals surface area contributed by atoms with Crippen LogP contribution in [0.5, 0.6) is 0 Å². The summed E-state index contributed by atoms with van der Waals surface area (Å²) in [6.07, 6.45) is 24.7. The molecule has 1 aromatic carbocycles. The molecule has 0 radical (unpaired) electrons. The van der Waals surface area contributed by atoms with E-state index in [-0.39, 0.29) is 11.1 Å². The lowest BCUT2D eigenvalue weighted by Crippen LogP contribution is -2.14. The van der Waals surface area contributed by atoms with E-state index in [0.29, 0.717) is 19.6 Å². The molecule has 0 aromatic heterocycles. The van der Waals surface area contributed by atoms with Gasteiger partial charge in [-0.2, -0.15) is 0 Å². The van der Waals surface area contributed by atoms with Crippen LogP contribution in [0.15, 0.2) is 36.4 Å². The number of carbonyl (C=O) groups is 2. The van der Waals surface area contributed by atoms with Gasteiger partial charge in [0.05, 0.1) is 24.3 Å². The van der Waals surface area contributed by atoms with Crippen molar-refractivity contribution < 1.29 is 19.1 Å². The lowest BCUT2D eigenvalue weighted by atomic mass is 10.1. The fraction of sp³-hybridized carbons (Fsp3) is 0.677. The van der Waals surface area contributed by atoms with Gasteiger partial charge >= 0.3 is 11.9 Å². The number of ether oxygens (including phenoxy) is 2. The summed E-state index contributed by atoms with van der Waals surface area (Å²) in [7, 11) is 0. The fourth-order valence-electron chi connectivity index (χ4n) is 4.07. The van der Waals surface area contributed by atoms with Gasteiger partial charge in [-0.1, -0.05) is 122 Å². The van der Waals surface area contributed by atoms with Crippen molar-refractivity contribution in [2.24, 2.45) is 0 Å². The highest BCUT2D eigenvalue weighted by atomic mass is 16.5. The third kappa shape index (κ3) is 16.2. The summed E-state index contributed by atoms with van der Waals surface area (Å²) in [6.45, 7) is 5.16. The molecule has 198 valence electrons. The van der Waals surface area contributed by atoms with Crippen molar-refractivity contribution in [3.63, 3.8) is 0 Å². The maximum atomic E-state index is 12.5. The first-order chi connectivity index (χ1) is 17.2. The molecule has 35 heavy (non-hydrogen) atoms. The Morgan fingerprint density at radius 1 is 0.571 bits per heavy atom. The minimum atomic E-state index is -0.469. The average Bonchev–Trinajstić information content (AvgIpc) is 2.88. The van der Waals surface area contributed by atoms with Crippen molar-refractivity contribution in [3.05, 3.63) is 47.5 Å². The standard InChI is InChI=1S/C31H50O4/c1-3-5-7-9-11-13-14-15-17-19-23-27-35-31(33)29-25-21-20-24-28(29)30(32)34-26-22-18-16-12-10-8-6-4-2/h16,18,20-21,24-25H,3-15,17,19,22-23,26-27H2,1-2H3/b18-16+. The Hall–Kier alpha value is -2.10. The minimum absolute atomic E-state index is 0.278. The van der Waals surface area contributed by atoms with E-state index in [1.807, 2.05) is 0 Å². The Bertz CT molecular complexity index is 695. The van der Waals surface area contributed by atoms with Gasteiger partial charge in [-0.25, -0.2) is 9.59 Å². The molecule has 0 fully saturated rings. The molecule has 0 N–H and O–H groups in total. The Balaban J connectivity index is 2.20. The number of benzene rings is 1. The van der Waals surface area contributed by atoms with E-state index >= 15 is 0 Å². The predicted molar refractivity (Wildman–Crippen MR) is 146 cm³/mol. The summed E-state index contributed by atoms with van der Waals surface area (Å²) in [4.78, 5) is 25.0. The van der Waals surface area contributed by atoms with Gasteiger partial charge in [0.25, 0.3) is 0 Å². The van der Waals surface area contributed by atoms with Crippen molar-refractivity contribution in [1.29, 1.82) is 0 Å². The van der Waals surface area contributed by atoms with Gasteiger partial charge in [0.15, 0.2) is 0 Å². The van der Waals surface area contributed by atoms with Crippen LogP contribution in [0.2, 0.25) is 0 Å². The average molecular weight is 487 g/mol. The SMILES string of the molecule is CCCCCC/C=C/CCOC(=O)c1ccccc1C(=O)OCCCCCCCCCCCCC. The maximum Gasteiger partial charge on any atom is 0.339 e. The van der Waals surface area contributed by atoms with Gasteiger partial charge < -0.3 is 9.47 Å². The second kappa shape index (κ2) is 22.4. The first kappa shape index (κ1) is 30.9. The van der Waals surface area contributed by atoms with Crippen LogP contribution in [-0.4, -0.2) is 25.2 Å². The zero-order valence-electron chi connectivity index (χ0n) is 22.5. The molecule has 0 amide bonds. The highest BCUT2D eigenvalue weighted by Gasteiger charge is 2.18. The molecule has 0 aliphatic carbocycles. The molecule has 4 nitrogen and oxygen atoms in total. The van der Waals surface area contributed by atoms with Crippen LogP contribution in [0.25, 0.3) is 0 Å². The van der Waals surface area contributed by atoms with Crippen molar-refractivity contribution in [2.45, 2.75) is 123 Å². The summed E-state index contributed by atoms with van der Waals surface area (Å²) in [5.74, 6) is -0.916. The van der Waals surface area contributed by atoms with E-state index in [2.05, 4.69) is 26.0 Å². The first-order valence-corrected chi connectivity index (χ1v) is 14.3. The molecule has 0 spiro atoms. The minimum Gasteiger partial charge on any atom is -0.462 e. The first-order valence-electron chi connectivity index (χ1n) is 14.3. The molecule has 0 aliphatic rings. The Morgan fingerprint density at radius 2 is 1.00 bits per heavy atom. The molecule has 1 rings (SSSR count). The molecule has 0 saturated carbocycles. The summed E-state index contributed by atoms with van der Waals surface area (Å²) in [5, 5.41) is 0. The van der Waals surface area contributed by atoms with Gasteiger partial charge in [-0.3, -0.25) is 0 Å². The number of rotatable bonds is 22. The lowest BCUT2D eigenvalue weighted by molar-refractivity contribution is 0.0457. The number of hydrogen-bond donors (Lipinski definition) is 0. The number of hydrogen-bond acceptors (Lipinski definition) is 4. The summed E-state index contributed by atoms with van der Waals surface area (Å²) in [6, 6.07) is 6.75. The second-order valence-electron chi connectivity index (χ2n) is 9.46. The molecular weight excluding hydrogens is 436 g/mol. The Labute approximate surface area is 214 Å². The van der Waals surface area contributed by atoms with Gasteiger partial charge in [0.2, 0.25) is 0 Å². The van der Waals surface area contributed by atoms with E-state index in [1.54, 1.807) is 24.3 Å². The quantitative estimate of drug-likeness (QED) is 0.0931. The van der Waals surface area contributed by atoms with Gasteiger partial charge in [0, 0.05) is 0 Å². The van der Waals surface area contributed by atoms with Crippen molar-refractivity contribution >= 4 is 11.9 Å². The lowest BCUT2D eigenvalue weighted by Gasteiger charge is -2.09. The van der Waals surface area contributed by atoms with Crippen molar-refractivity contribution in [3.8, 4) is 0 Å². The third-order valence-electron chi connectivity index (χ3n) is 6.26. The van der Waals surface area contributed by atoms with Crippen LogP contribution in [0.4, 0.5) is 0 Å². The van der Waals surface area contributed by atoms with Gasteiger partial charge in [0.1, 0.15) is 0 Å². The molecule has 0 bridgehead atoms. The molecule has 4 heteroatoms. The molecule has 0 heterocycles. The topological polar surface area (TPSA) is 52.6 Å². The fourth-order valence-corrected chi connectivity index (χ4v) is 4.07. The predicted octanol–water partition coefficient (Wildman–Crippen LogP) is 9.23. The van der Waals surface area contributed by atoms with E-state index < -0.39 is 11.9 Å². The third-order valence-corrected chi connectivity index (χ3v) is 6.26. The van der Waals surface area contributed by atoms with E-state index in [1.165, 1.54) is 83.5 Å². The number of allylic oxidation sites excluding steroid dienone is 1. The van der Waals surface area contributed by atoms with Crippen molar-refractivity contribution in [2.75, 3.05) is 13.2 Å². The zero-order valence-corrected chi connectivity index (χ0v) is 22.5. The summed E-state index contributed by atoms with van der Waals surface area (Å²) in [5.41, 5.74) is 0.562. The molecule has 0 unspecified atom stereocenters. The Morgan fingerprint density at radius 3 is 1.54 bits per heavy atom. The maximum absolute atomic E-state index is 12.5. The summed E-state index contributed by atoms with van der Waals surface area (Å²) < 4.78 is 10.8. The normalized spacial score (nSPS) is 11.1. The van der Waals surface area contributed by atoms with Crippen LogP contribution >= 0.6 is 0 Å². The van der Waals surface area contributed by atoms with Crippen LogP contribution < -0.4 is 0 Å². The summed E-state index contributed by atoms with van der Waals surface area (Å²) >= 11 is 0. The largest absolute Gasteiger partial charge is 0.462 e. The highest BCUT2D eigenvalue weighted by Crippen LogP contribution is 2.14. The second-order valence-corrected chi connectivity index (χ2v) is 9.46. The van der Waals surface area contributed by atoms with Crippen LogP contribution in [0, 0.1) is 0 Å². The van der Waals surface area contributed by atoms with Gasteiger partial charge in [-0.05, 0) is 37.8 Å². The van der Waals surface area contributed by atoms with Crippen LogP contribution in [0.1, 0.15) is 144 Å². The number of unbranched alkanes of at least 4 members (excludes halogenated alkanes) is 14. The molecule has 0 atom stereocenters. The number of esters is 2. The Kier molecular flexibility index (Phi) is 19.8. The van der Waals surface area contributed by atoms with E-state index in [4.69, 9.17) is 9.47 Å². The molecular formula is C31H50O4. The number of carbonyl (C=O) groups excluding carboxylic acids is 2. The molecule has 0 saturated heterocycles. The molecule has 1 aromatic rings. The van der Waals surface area contributed by atoms with E-state index in [0.717, 1.165) is 19.3 Å². The van der Waals surface area contributed by atoms with Crippen LogP contribution in [-0.2, 0) is 9.47 Å². The smallest absolute Gasteiger partial charge is 0.339 e. The zero-order chi connectivity index (χ0) is 25.4.